The van der Waals surface area contributed by atoms with Gasteiger partial charge in [0.15, 0.2) is 23.0 Å². The van der Waals surface area contributed by atoms with Crippen LogP contribution < -0.4 is 5.32 Å². The minimum atomic E-state index is -5.13. The summed E-state index contributed by atoms with van der Waals surface area (Å²) < 4.78 is 24.9. The monoisotopic (exact) mass is 623 g/mol. The molecule has 0 spiro atoms. The van der Waals surface area contributed by atoms with E-state index < -0.39 is 57.1 Å². The van der Waals surface area contributed by atoms with Crippen LogP contribution in [0.2, 0.25) is 5.28 Å². The van der Waals surface area contributed by atoms with Crippen LogP contribution in [0.15, 0.2) is 30.5 Å². The molecule has 6 atom stereocenters. The number of hydrogen-bond donors (Lipinski definition) is 7. The fraction of sp³-hybridized carbons (Fsp3) is 0.478. The highest BCUT2D eigenvalue weighted by atomic mass is 35.5. The van der Waals surface area contributed by atoms with E-state index in [0.717, 1.165) is 18.4 Å². The molecule has 2 aliphatic rings. The molecule has 4 aromatic rings. The Labute approximate surface area is 242 Å². The molecule has 0 saturated carbocycles. The molecule has 4 heterocycles. The lowest BCUT2D eigenvalue weighted by atomic mass is 10.1. The van der Waals surface area contributed by atoms with Gasteiger partial charge in [-0.25, -0.2) is 4.68 Å². The molecule has 17 nitrogen and oxygen atoms in total. The van der Waals surface area contributed by atoms with Crippen LogP contribution >= 0.6 is 19.2 Å². The predicted molar refractivity (Wildman–Crippen MR) is 143 cm³/mol. The van der Waals surface area contributed by atoms with Crippen LogP contribution in [0.25, 0.3) is 11.0 Å². The quantitative estimate of drug-likeness (QED) is 0.0895. The Morgan fingerprint density at radius 1 is 1.24 bits per heavy atom. The summed E-state index contributed by atoms with van der Waals surface area (Å²) in [5.41, 5.74) is 2.62. The minimum Gasteiger partial charge on any atom is -0.393 e. The van der Waals surface area contributed by atoms with Crippen molar-refractivity contribution in [3.05, 3.63) is 52.7 Å². The number of halogens is 1. The van der Waals surface area contributed by atoms with Gasteiger partial charge in [-0.15, -0.1) is 10.2 Å². The number of nitrogens with one attached hydrogen (secondary N) is 2. The van der Waals surface area contributed by atoms with Gasteiger partial charge in [0.1, 0.15) is 24.1 Å². The van der Waals surface area contributed by atoms with E-state index in [9.17, 15) is 29.7 Å². The van der Waals surface area contributed by atoms with Gasteiger partial charge in [0, 0.05) is 0 Å². The zero-order valence-electron chi connectivity index (χ0n) is 21.7. The highest BCUT2D eigenvalue weighted by Crippen LogP contribution is 2.53. The van der Waals surface area contributed by atoms with Crippen molar-refractivity contribution in [1.82, 2.24) is 40.4 Å². The van der Waals surface area contributed by atoms with Crippen LogP contribution in [0.4, 0.5) is 5.82 Å². The van der Waals surface area contributed by atoms with Crippen molar-refractivity contribution in [3.63, 3.8) is 0 Å². The first kappa shape index (κ1) is 29.0. The SMILES string of the molecule is O=P(O)(O)[C@@](CO)(Cc1nn[nH]n1)OC[C@H]1O[C@H](n2ncc3c(N[C@@H]4CCc5ccccc54)nc(Cl)nc32)[C@H](O)[C@@H]1O. The fourth-order valence-electron chi connectivity index (χ4n) is 5.31. The van der Waals surface area contributed by atoms with Gasteiger partial charge in [0.25, 0.3) is 0 Å². The average Bonchev–Trinajstić information content (AvgIpc) is 3.75. The summed E-state index contributed by atoms with van der Waals surface area (Å²) in [7, 11) is -5.13. The van der Waals surface area contributed by atoms with Crippen molar-refractivity contribution in [2.45, 2.75) is 55.2 Å². The van der Waals surface area contributed by atoms with Gasteiger partial charge in [-0.05, 0) is 35.6 Å². The van der Waals surface area contributed by atoms with E-state index in [1.54, 1.807) is 0 Å². The molecule has 6 rings (SSSR count). The Hall–Kier alpha value is -3.12. The molecule has 0 bridgehead atoms. The fourth-order valence-corrected chi connectivity index (χ4v) is 6.25. The van der Waals surface area contributed by atoms with Crippen LogP contribution in [-0.2, 0) is 26.9 Å². The first-order valence-corrected chi connectivity index (χ1v) is 14.9. The number of aromatic amines is 1. The predicted octanol–water partition coefficient (Wildman–Crippen LogP) is -0.163. The Balaban J connectivity index is 1.23. The molecular weight excluding hydrogens is 597 g/mol. The van der Waals surface area contributed by atoms with Crippen molar-refractivity contribution in [2.75, 3.05) is 18.5 Å². The molecule has 0 amide bonds. The standard InChI is InChI=1S/C23H27ClN9O8P/c24-22-27-19(26-14-6-5-11-3-1-2-4-12(11)14)13-8-25-33(20(13)28-22)21-18(36)17(35)15(41-21)9-40-23(10-34,42(37,38)39)7-16-29-31-32-30-16/h1-4,8,14-15,17-18,21,34-36H,5-7,9-10H2,(H,26,27,28)(H2,37,38,39)(H,29,30,31,32)/t14-,15-,17-,18-,21+,23-/m1/s1. The van der Waals surface area contributed by atoms with Crippen LogP contribution in [0.5, 0.6) is 0 Å². The van der Waals surface area contributed by atoms with Crippen molar-refractivity contribution in [3.8, 4) is 0 Å². The number of rotatable bonds is 10. The molecule has 224 valence electrons. The van der Waals surface area contributed by atoms with E-state index in [-0.39, 0.29) is 22.8 Å². The number of aromatic nitrogens is 8. The van der Waals surface area contributed by atoms with E-state index in [1.165, 1.54) is 16.4 Å². The number of aliphatic hydroxyl groups is 3. The molecule has 1 aliphatic heterocycles. The second-order valence-electron chi connectivity index (χ2n) is 10.1. The number of benzene rings is 1. The number of aliphatic hydroxyl groups excluding tert-OH is 3. The van der Waals surface area contributed by atoms with E-state index in [2.05, 4.69) is 53.1 Å². The van der Waals surface area contributed by atoms with Gasteiger partial charge in [0.05, 0.1) is 37.3 Å². The second kappa shape index (κ2) is 11.2. The number of aryl methyl sites for hydroxylation is 1. The second-order valence-corrected chi connectivity index (χ2v) is 12.4. The smallest absolute Gasteiger partial charge is 0.359 e. The van der Waals surface area contributed by atoms with Crippen molar-refractivity contribution < 1.29 is 39.1 Å². The first-order valence-electron chi connectivity index (χ1n) is 12.9. The number of nitrogens with zero attached hydrogens (tertiary/aromatic N) is 7. The first-order chi connectivity index (χ1) is 20.1. The number of H-pyrrole nitrogens is 1. The van der Waals surface area contributed by atoms with Gasteiger partial charge < -0.3 is 39.9 Å². The third-order valence-corrected chi connectivity index (χ3v) is 9.23. The number of ether oxygens (including phenoxy) is 2. The van der Waals surface area contributed by atoms with E-state index in [0.29, 0.717) is 11.2 Å². The minimum absolute atomic E-state index is 0.0105. The summed E-state index contributed by atoms with van der Waals surface area (Å²) in [5.74, 6) is 0.310. The molecule has 7 N–H and O–H groups in total. The van der Waals surface area contributed by atoms with Gasteiger partial charge in [0.2, 0.25) is 5.28 Å². The van der Waals surface area contributed by atoms with Crippen molar-refractivity contribution >= 4 is 36.0 Å². The van der Waals surface area contributed by atoms with Gasteiger partial charge >= 0.3 is 7.60 Å². The normalized spacial score (nSPS) is 25.5. The van der Waals surface area contributed by atoms with E-state index in [4.69, 9.17) is 21.1 Å². The maximum absolute atomic E-state index is 12.3. The van der Waals surface area contributed by atoms with Crippen molar-refractivity contribution in [1.29, 1.82) is 0 Å². The summed E-state index contributed by atoms with van der Waals surface area (Å²) in [5, 5.41) is 50.1. The van der Waals surface area contributed by atoms with Crippen molar-refractivity contribution in [2.24, 2.45) is 0 Å². The summed E-state index contributed by atoms with van der Waals surface area (Å²) in [6.45, 7) is -1.73. The lowest BCUT2D eigenvalue weighted by Gasteiger charge is -2.32. The number of tetrazole rings is 1. The third kappa shape index (κ3) is 5.16. The number of hydrogen-bond acceptors (Lipinski definition) is 13. The molecule has 0 unspecified atom stereocenters. The topological polar surface area (TPSA) is 247 Å². The van der Waals surface area contributed by atoms with Crippen LogP contribution in [0.1, 0.15) is 35.6 Å². The lowest BCUT2D eigenvalue weighted by molar-refractivity contribution is -0.109. The molecular formula is C23H27ClN9O8P. The lowest BCUT2D eigenvalue weighted by Crippen LogP contribution is -2.43. The van der Waals surface area contributed by atoms with E-state index >= 15 is 0 Å². The highest BCUT2D eigenvalue weighted by Gasteiger charge is 2.52. The largest absolute Gasteiger partial charge is 0.393 e. The average molecular weight is 624 g/mol. The van der Waals surface area contributed by atoms with Crippen LogP contribution in [0.3, 0.4) is 0 Å². The molecule has 19 heteroatoms. The molecule has 3 aromatic heterocycles. The van der Waals surface area contributed by atoms with Gasteiger partial charge in [-0.1, -0.05) is 29.5 Å². The Bertz CT molecular complexity index is 1620. The molecule has 42 heavy (non-hydrogen) atoms. The van der Waals surface area contributed by atoms with E-state index in [1.807, 2.05) is 12.1 Å². The summed E-state index contributed by atoms with van der Waals surface area (Å²) >= 11 is 6.27. The zero-order valence-corrected chi connectivity index (χ0v) is 23.4. The molecule has 1 saturated heterocycles. The molecule has 1 aromatic carbocycles. The zero-order chi connectivity index (χ0) is 29.6. The van der Waals surface area contributed by atoms with Gasteiger partial charge in [-0.3, -0.25) is 4.57 Å². The van der Waals surface area contributed by atoms with Crippen LogP contribution in [-0.4, -0.2) is 102 Å². The Morgan fingerprint density at radius 3 is 2.79 bits per heavy atom. The highest BCUT2D eigenvalue weighted by molar-refractivity contribution is 7.53. The summed E-state index contributed by atoms with van der Waals surface area (Å²) in [4.78, 5) is 28.6. The summed E-state index contributed by atoms with van der Waals surface area (Å²) in [6.07, 6.45) is -3.00. The number of fused-ring (bicyclic) bond motifs is 2. The Kier molecular flexibility index (Phi) is 7.71. The maximum atomic E-state index is 12.3. The molecule has 1 aliphatic carbocycles. The third-order valence-electron chi connectivity index (χ3n) is 7.57. The molecule has 1 fully saturated rings. The maximum Gasteiger partial charge on any atom is 0.359 e. The summed E-state index contributed by atoms with van der Waals surface area (Å²) in [6, 6.07) is 8.09. The number of anilines is 1. The Morgan fingerprint density at radius 2 is 2.05 bits per heavy atom. The van der Waals surface area contributed by atoms with Gasteiger partial charge in [-0.2, -0.15) is 20.3 Å². The van der Waals surface area contributed by atoms with Crippen LogP contribution in [0, 0.1) is 0 Å². The molecule has 0 radical (unpaired) electrons.